The standard InChI is InChI=1S/C19H19N5O2/c1-12-21-16-8-7-13(11-17(16)26-12)22-19-23-15-6-3-2-5-14(15)18(24-19)20-9-4-10-25/h2-3,5-8,11,25H,4,9-10H2,1H3,(H2,20,22,23,24). The van der Waals surface area contributed by atoms with Crippen LogP contribution in [0.3, 0.4) is 0 Å². The van der Waals surface area contributed by atoms with E-state index in [0.29, 0.717) is 24.8 Å². The molecular formula is C19H19N5O2. The van der Waals surface area contributed by atoms with Gasteiger partial charge in [-0.1, -0.05) is 12.1 Å². The molecular weight excluding hydrogens is 330 g/mol. The fraction of sp³-hybridized carbons (Fsp3) is 0.211. The number of nitrogens with one attached hydrogen (secondary N) is 2. The van der Waals surface area contributed by atoms with Gasteiger partial charge in [-0.3, -0.25) is 0 Å². The molecule has 2 aromatic heterocycles. The summed E-state index contributed by atoms with van der Waals surface area (Å²) in [5, 5.41) is 16.4. The molecule has 0 aliphatic carbocycles. The Bertz CT molecular complexity index is 1060. The van der Waals surface area contributed by atoms with Crippen molar-refractivity contribution < 1.29 is 9.52 Å². The van der Waals surface area contributed by atoms with E-state index in [4.69, 9.17) is 9.52 Å². The Labute approximate surface area is 150 Å². The van der Waals surface area contributed by atoms with Gasteiger partial charge in [0.2, 0.25) is 5.95 Å². The summed E-state index contributed by atoms with van der Waals surface area (Å²) in [7, 11) is 0. The van der Waals surface area contributed by atoms with Gasteiger partial charge in [-0.25, -0.2) is 9.97 Å². The van der Waals surface area contributed by atoms with Crippen molar-refractivity contribution in [3.05, 3.63) is 48.4 Å². The number of nitrogens with zero attached hydrogens (tertiary/aromatic N) is 3. The number of hydrogen-bond acceptors (Lipinski definition) is 7. The number of benzene rings is 2. The van der Waals surface area contributed by atoms with Crippen LogP contribution in [0.1, 0.15) is 12.3 Å². The molecule has 0 aliphatic rings. The molecule has 4 rings (SSSR count). The van der Waals surface area contributed by atoms with Gasteiger partial charge >= 0.3 is 0 Å². The predicted octanol–water partition coefficient (Wildman–Crippen LogP) is 3.62. The lowest BCUT2D eigenvalue weighted by Crippen LogP contribution is -2.08. The first-order valence-electron chi connectivity index (χ1n) is 8.49. The van der Waals surface area contributed by atoms with E-state index in [0.717, 1.165) is 33.5 Å². The van der Waals surface area contributed by atoms with Crippen LogP contribution in [-0.4, -0.2) is 33.2 Å². The van der Waals surface area contributed by atoms with E-state index in [1.807, 2.05) is 49.4 Å². The van der Waals surface area contributed by atoms with Crippen molar-refractivity contribution in [1.29, 1.82) is 0 Å². The summed E-state index contributed by atoms with van der Waals surface area (Å²) in [6.07, 6.45) is 0.655. The summed E-state index contributed by atoms with van der Waals surface area (Å²) in [6.45, 7) is 2.60. The summed E-state index contributed by atoms with van der Waals surface area (Å²) < 4.78 is 5.58. The number of para-hydroxylation sites is 1. The van der Waals surface area contributed by atoms with Gasteiger partial charge in [0.1, 0.15) is 11.3 Å². The number of aliphatic hydroxyl groups excluding tert-OH is 1. The molecule has 26 heavy (non-hydrogen) atoms. The Hall–Kier alpha value is -3.19. The number of aryl methyl sites for hydroxylation is 1. The fourth-order valence-electron chi connectivity index (χ4n) is 2.80. The Kier molecular flexibility index (Phi) is 4.37. The van der Waals surface area contributed by atoms with Gasteiger partial charge in [0.05, 0.1) is 5.52 Å². The van der Waals surface area contributed by atoms with Gasteiger partial charge in [-0.15, -0.1) is 0 Å². The van der Waals surface area contributed by atoms with Crippen molar-refractivity contribution in [2.45, 2.75) is 13.3 Å². The van der Waals surface area contributed by atoms with Crippen LogP contribution in [0.5, 0.6) is 0 Å². The van der Waals surface area contributed by atoms with Crippen LogP contribution in [-0.2, 0) is 0 Å². The average Bonchev–Trinajstić information content (AvgIpc) is 3.01. The number of aromatic nitrogens is 3. The van der Waals surface area contributed by atoms with Crippen LogP contribution in [0.2, 0.25) is 0 Å². The summed E-state index contributed by atoms with van der Waals surface area (Å²) >= 11 is 0. The molecule has 0 radical (unpaired) electrons. The third-order valence-electron chi connectivity index (χ3n) is 3.98. The molecule has 0 spiro atoms. The summed E-state index contributed by atoms with van der Waals surface area (Å²) in [6, 6.07) is 13.5. The quantitative estimate of drug-likeness (QED) is 0.458. The first-order chi connectivity index (χ1) is 12.7. The third kappa shape index (κ3) is 3.29. The lowest BCUT2D eigenvalue weighted by Gasteiger charge is -2.11. The molecule has 0 saturated heterocycles. The lowest BCUT2D eigenvalue weighted by atomic mass is 10.2. The van der Waals surface area contributed by atoms with Crippen LogP contribution < -0.4 is 10.6 Å². The van der Waals surface area contributed by atoms with E-state index in [2.05, 4.69) is 25.6 Å². The highest BCUT2D eigenvalue weighted by Crippen LogP contribution is 2.25. The Balaban J connectivity index is 1.68. The van der Waals surface area contributed by atoms with Gasteiger partial charge in [0, 0.05) is 37.2 Å². The molecule has 132 valence electrons. The molecule has 0 aliphatic heterocycles. The minimum atomic E-state index is 0.137. The molecule has 0 fully saturated rings. The summed E-state index contributed by atoms with van der Waals surface area (Å²) in [5.74, 6) is 1.86. The second-order valence-corrected chi connectivity index (χ2v) is 5.96. The Morgan fingerprint density at radius 2 is 1.92 bits per heavy atom. The van der Waals surface area contributed by atoms with Crippen LogP contribution in [0.25, 0.3) is 22.0 Å². The van der Waals surface area contributed by atoms with Gasteiger partial charge in [-0.2, -0.15) is 4.98 Å². The zero-order valence-corrected chi connectivity index (χ0v) is 14.4. The second kappa shape index (κ2) is 6.97. The molecule has 2 aromatic carbocycles. The third-order valence-corrected chi connectivity index (χ3v) is 3.98. The zero-order valence-electron chi connectivity index (χ0n) is 14.4. The van der Waals surface area contributed by atoms with E-state index < -0.39 is 0 Å². The minimum absolute atomic E-state index is 0.137. The summed E-state index contributed by atoms with van der Waals surface area (Å²) in [5.41, 5.74) is 3.20. The van der Waals surface area contributed by atoms with E-state index >= 15 is 0 Å². The Morgan fingerprint density at radius 1 is 1.04 bits per heavy atom. The molecule has 0 bridgehead atoms. The van der Waals surface area contributed by atoms with Crippen LogP contribution in [0.4, 0.5) is 17.5 Å². The number of hydrogen-bond donors (Lipinski definition) is 3. The maximum atomic E-state index is 9.00. The molecule has 0 atom stereocenters. The highest BCUT2D eigenvalue weighted by molar-refractivity contribution is 5.90. The first kappa shape index (κ1) is 16.3. The molecule has 7 heteroatoms. The van der Waals surface area contributed by atoms with E-state index in [9.17, 15) is 0 Å². The predicted molar refractivity (Wildman–Crippen MR) is 102 cm³/mol. The second-order valence-electron chi connectivity index (χ2n) is 5.96. The monoisotopic (exact) mass is 349 g/mol. The van der Waals surface area contributed by atoms with Crippen molar-refractivity contribution in [3.8, 4) is 0 Å². The molecule has 3 N–H and O–H groups in total. The molecule has 2 heterocycles. The lowest BCUT2D eigenvalue weighted by molar-refractivity contribution is 0.292. The smallest absolute Gasteiger partial charge is 0.229 e. The topological polar surface area (TPSA) is 96.1 Å². The molecule has 0 saturated carbocycles. The van der Waals surface area contributed by atoms with Crippen molar-refractivity contribution in [1.82, 2.24) is 15.0 Å². The van der Waals surface area contributed by atoms with Crippen molar-refractivity contribution in [2.24, 2.45) is 0 Å². The molecule has 4 aromatic rings. The number of anilines is 3. The first-order valence-corrected chi connectivity index (χ1v) is 8.49. The number of aliphatic hydroxyl groups is 1. The van der Waals surface area contributed by atoms with Crippen LogP contribution >= 0.6 is 0 Å². The Morgan fingerprint density at radius 3 is 2.81 bits per heavy atom. The highest BCUT2D eigenvalue weighted by Gasteiger charge is 2.09. The van der Waals surface area contributed by atoms with E-state index in [1.54, 1.807) is 0 Å². The summed E-state index contributed by atoms with van der Waals surface area (Å²) in [4.78, 5) is 13.5. The van der Waals surface area contributed by atoms with Gasteiger partial charge in [-0.05, 0) is 30.7 Å². The normalized spacial score (nSPS) is 11.2. The van der Waals surface area contributed by atoms with Gasteiger partial charge < -0.3 is 20.2 Å². The minimum Gasteiger partial charge on any atom is -0.441 e. The van der Waals surface area contributed by atoms with Crippen molar-refractivity contribution in [2.75, 3.05) is 23.8 Å². The van der Waals surface area contributed by atoms with Crippen LogP contribution in [0, 0.1) is 6.92 Å². The highest BCUT2D eigenvalue weighted by atomic mass is 16.3. The van der Waals surface area contributed by atoms with Crippen molar-refractivity contribution >= 4 is 39.5 Å². The maximum absolute atomic E-state index is 9.00. The SMILES string of the molecule is Cc1nc2ccc(Nc3nc(NCCCO)c4ccccc4n3)cc2o1. The van der Waals surface area contributed by atoms with Gasteiger partial charge in [0.25, 0.3) is 0 Å². The van der Waals surface area contributed by atoms with Gasteiger partial charge in [0.15, 0.2) is 11.5 Å². The average molecular weight is 349 g/mol. The van der Waals surface area contributed by atoms with E-state index in [1.165, 1.54) is 0 Å². The number of fused-ring (bicyclic) bond motifs is 2. The fourth-order valence-corrected chi connectivity index (χ4v) is 2.80. The number of oxazole rings is 1. The maximum Gasteiger partial charge on any atom is 0.229 e. The number of rotatable bonds is 6. The van der Waals surface area contributed by atoms with Crippen LogP contribution in [0.15, 0.2) is 46.9 Å². The zero-order chi connectivity index (χ0) is 17.9. The van der Waals surface area contributed by atoms with E-state index in [-0.39, 0.29) is 6.61 Å². The van der Waals surface area contributed by atoms with Crippen molar-refractivity contribution in [3.63, 3.8) is 0 Å². The molecule has 0 amide bonds. The largest absolute Gasteiger partial charge is 0.441 e. The molecule has 7 nitrogen and oxygen atoms in total. The molecule has 0 unspecified atom stereocenters.